The van der Waals surface area contributed by atoms with E-state index >= 15 is 0 Å². The van der Waals surface area contributed by atoms with E-state index in [4.69, 9.17) is 15.0 Å². The van der Waals surface area contributed by atoms with Crippen molar-refractivity contribution >= 4 is 39.4 Å². The highest BCUT2D eigenvalue weighted by Gasteiger charge is 2.35. The monoisotopic (exact) mass is 533 g/mol. The van der Waals surface area contributed by atoms with Gasteiger partial charge in [0.15, 0.2) is 0 Å². The Bertz CT molecular complexity index is 1670. The number of fused-ring (bicyclic) bond motifs is 2. The average Bonchev–Trinajstić information content (AvgIpc) is 3.37. The van der Waals surface area contributed by atoms with Crippen LogP contribution in [0.1, 0.15) is 24.1 Å². The van der Waals surface area contributed by atoms with Gasteiger partial charge in [-0.05, 0) is 43.5 Å². The van der Waals surface area contributed by atoms with Gasteiger partial charge in [-0.15, -0.1) is 0 Å². The van der Waals surface area contributed by atoms with Crippen LogP contribution in [-0.4, -0.2) is 63.9 Å². The van der Waals surface area contributed by atoms with Crippen molar-refractivity contribution in [2.45, 2.75) is 25.4 Å². The van der Waals surface area contributed by atoms with E-state index in [-0.39, 0.29) is 0 Å². The van der Waals surface area contributed by atoms with Crippen LogP contribution in [0, 0.1) is 6.92 Å². The third-order valence-electron chi connectivity index (χ3n) is 8.62. The maximum atomic E-state index is 11.4. The highest BCUT2D eigenvalue weighted by atomic mass is 16.3. The summed E-state index contributed by atoms with van der Waals surface area (Å²) in [4.78, 5) is 22.0. The van der Waals surface area contributed by atoms with Crippen molar-refractivity contribution in [1.82, 2.24) is 19.5 Å². The third-order valence-corrected chi connectivity index (χ3v) is 8.62. The molecule has 2 saturated heterocycles. The van der Waals surface area contributed by atoms with E-state index in [0.717, 1.165) is 78.8 Å². The lowest BCUT2D eigenvalue weighted by atomic mass is 9.84. The SMILES string of the molecule is Cc1cc(N2CCN(c3nc(N4CCC(O)(c5ccccc5)CC4)c4ccn(C)c4n3)CC2)c2ccccc2n1. The predicted octanol–water partition coefficient (Wildman–Crippen LogP) is 4.64. The Morgan fingerprint density at radius 2 is 1.43 bits per heavy atom. The van der Waals surface area contributed by atoms with Gasteiger partial charge in [0.05, 0.1) is 16.5 Å². The second kappa shape index (κ2) is 9.78. The summed E-state index contributed by atoms with van der Waals surface area (Å²) >= 11 is 0. The lowest BCUT2D eigenvalue weighted by Crippen LogP contribution is -2.47. The summed E-state index contributed by atoms with van der Waals surface area (Å²) < 4.78 is 2.08. The number of aliphatic hydroxyl groups is 1. The summed E-state index contributed by atoms with van der Waals surface area (Å²) in [7, 11) is 2.04. The number of piperidine rings is 1. The molecule has 0 saturated carbocycles. The molecule has 2 fully saturated rings. The first kappa shape index (κ1) is 24.8. The minimum absolute atomic E-state index is 0.669. The molecule has 0 radical (unpaired) electrons. The standard InChI is InChI=1S/C32H35N7O/c1-23-22-28(25-10-6-7-11-27(25)33-23)37-18-20-39(21-19-37)31-34-29-26(12-15-36(29)2)30(35-31)38-16-13-32(40,14-17-38)24-8-4-3-5-9-24/h3-12,15,22,40H,13-14,16-21H2,1-2H3. The predicted molar refractivity (Wildman–Crippen MR) is 161 cm³/mol. The van der Waals surface area contributed by atoms with Crippen molar-refractivity contribution in [1.29, 1.82) is 0 Å². The summed E-state index contributed by atoms with van der Waals surface area (Å²) in [5, 5.41) is 13.7. The van der Waals surface area contributed by atoms with Gasteiger partial charge in [-0.1, -0.05) is 48.5 Å². The minimum atomic E-state index is -0.796. The van der Waals surface area contributed by atoms with Crippen molar-refractivity contribution in [3.8, 4) is 0 Å². The topological polar surface area (TPSA) is 73.6 Å². The Balaban J connectivity index is 1.14. The summed E-state index contributed by atoms with van der Waals surface area (Å²) in [5.41, 5.74) is 4.48. The van der Waals surface area contributed by atoms with Gasteiger partial charge in [-0.3, -0.25) is 4.98 Å². The zero-order valence-electron chi connectivity index (χ0n) is 23.2. The van der Waals surface area contributed by atoms with Crippen LogP contribution in [0.25, 0.3) is 21.9 Å². The van der Waals surface area contributed by atoms with E-state index in [0.29, 0.717) is 12.8 Å². The first-order valence-electron chi connectivity index (χ1n) is 14.2. The fourth-order valence-corrected chi connectivity index (χ4v) is 6.31. The molecule has 0 amide bonds. The van der Waals surface area contributed by atoms with Crippen LogP contribution in [0.4, 0.5) is 17.5 Å². The lowest BCUT2D eigenvalue weighted by Gasteiger charge is -2.40. The average molecular weight is 534 g/mol. The summed E-state index contributed by atoms with van der Waals surface area (Å²) in [6, 6.07) is 22.8. The quantitative estimate of drug-likeness (QED) is 0.361. The van der Waals surface area contributed by atoms with E-state index in [1.54, 1.807) is 0 Å². The number of rotatable bonds is 4. The summed E-state index contributed by atoms with van der Waals surface area (Å²) in [6.45, 7) is 7.04. The molecule has 0 aliphatic carbocycles. The van der Waals surface area contributed by atoms with E-state index in [1.165, 1.54) is 11.1 Å². The van der Waals surface area contributed by atoms with Crippen molar-refractivity contribution < 1.29 is 5.11 Å². The molecule has 8 nitrogen and oxygen atoms in total. The Kier molecular flexibility index (Phi) is 6.08. The zero-order valence-corrected chi connectivity index (χ0v) is 23.2. The molecule has 7 rings (SSSR count). The van der Waals surface area contributed by atoms with Gasteiger partial charge in [0.1, 0.15) is 11.5 Å². The molecule has 5 heterocycles. The number of anilines is 3. The molecule has 0 atom stereocenters. The molecular formula is C32H35N7O. The second-order valence-electron chi connectivity index (χ2n) is 11.2. The molecule has 1 N–H and O–H groups in total. The second-order valence-corrected chi connectivity index (χ2v) is 11.2. The van der Waals surface area contributed by atoms with Crippen LogP contribution in [0.2, 0.25) is 0 Å². The molecule has 5 aromatic rings. The maximum absolute atomic E-state index is 11.4. The molecule has 2 aliphatic heterocycles. The Morgan fingerprint density at radius 1 is 0.725 bits per heavy atom. The Morgan fingerprint density at radius 3 is 2.20 bits per heavy atom. The van der Waals surface area contributed by atoms with Gasteiger partial charge < -0.3 is 24.4 Å². The molecule has 8 heteroatoms. The highest BCUT2D eigenvalue weighted by Crippen LogP contribution is 2.37. The number of hydrogen-bond donors (Lipinski definition) is 1. The van der Waals surface area contributed by atoms with Crippen molar-refractivity contribution in [2.75, 3.05) is 54.0 Å². The van der Waals surface area contributed by atoms with Crippen LogP contribution < -0.4 is 14.7 Å². The fraction of sp³-hybridized carbons (Fsp3) is 0.344. The first-order chi connectivity index (χ1) is 19.5. The molecule has 3 aromatic heterocycles. The van der Waals surface area contributed by atoms with Crippen LogP contribution in [0.5, 0.6) is 0 Å². The largest absolute Gasteiger partial charge is 0.385 e. The van der Waals surface area contributed by atoms with Crippen LogP contribution >= 0.6 is 0 Å². The fourth-order valence-electron chi connectivity index (χ4n) is 6.31. The Hall–Kier alpha value is -4.17. The van der Waals surface area contributed by atoms with E-state index in [1.807, 2.05) is 37.4 Å². The lowest BCUT2D eigenvalue weighted by molar-refractivity contribution is 0.0117. The minimum Gasteiger partial charge on any atom is -0.385 e. The van der Waals surface area contributed by atoms with Crippen LogP contribution in [0.15, 0.2) is 72.9 Å². The number of pyridine rings is 1. The molecule has 0 bridgehead atoms. The summed E-state index contributed by atoms with van der Waals surface area (Å²) in [5.74, 6) is 1.75. The van der Waals surface area contributed by atoms with Gasteiger partial charge in [0, 0.05) is 69.3 Å². The molecule has 2 aromatic carbocycles. The van der Waals surface area contributed by atoms with Crippen LogP contribution in [-0.2, 0) is 12.6 Å². The van der Waals surface area contributed by atoms with Crippen molar-refractivity contribution in [3.63, 3.8) is 0 Å². The van der Waals surface area contributed by atoms with Crippen LogP contribution in [0.3, 0.4) is 0 Å². The number of nitrogens with zero attached hydrogens (tertiary/aromatic N) is 7. The van der Waals surface area contributed by atoms with Gasteiger partial charge in [-0.25, -0.2) is 0 Å². The van der Waals surface area contributed by atoms with E-state index in [9.17, 15) is 5.11 Å². The molecule has 40 heavy (non-hydrogen) atoms. The van der Waals surface area contributed by atoms with Gasteiger partial charge in [-0.2, -0.15) is 9.97 Å². The van der Waals surface area contributed by atoms with Crippen molar-refractivity contribution in [2.24, 2.45) is 7.05 Å². The molecule has 2 aliphatic rings. The van der Waals surface area contributed by atoms with Gasteiger partial charge in [0.25, 0.3) is 0 Å². The smallest absolute Gasteiger partial charge is 0.229 e. The van der Waals surface area contributed by atoms with E-state index < -0.39 is 5.60 Å². The van der Waals surface area contributed by atoms with Crippen molar-refractivity contribution in [3.05, 3.63) is 84.2 Å². The number of aromatic nitrogens is 4. The number of piperazine rings is 1. The first-order valence-corrected chi connectivity index (χ1v) is 14.2. The number of hydrogen-bond acceptors (Lipinski definition) is 7. The van der Waals surface area contributed by atoms with E-state index in [2.05, 4.69) is 68.8 Å². The molecule has 0 unspecified atom stereocenters. The maximum Gasteiger partial charge on any atom is 0.229 e. The molecule has 0 spiro atoms. The Labute approximate surface area is 234 Å². The number of aryl methyl sites for hydroxylation is 2. The number of para-hydroxylation sites is 1. The van der Waals surface area contributed by atoms with Gasteiger partial charge in [0.2, 0.25) is 5.95 Å². The van der Waals surface area contributed by atoms with Gasteiger partial charge >= 0.3 is 0 Å². The number of benzene rings is 2. The molecular weight excluding hydrogens is 498 g/mol. The summed E-state index contributed by atoms with van der Waals surface area (Å²) in [6.07, 6.45) is 3.40. The normalized spacial score (nSPS) is 17.6. The zero-order chi connectivity index (χ0) is 27.3. The molecule has 204 valence electrons. The third kappa shape index (κ3) is 4.32. The highest BCUT2D eigenvalue weighted by molar-refractivity contribution is 5.92.